The van der Waals surface area contributed by atoms with Crippen molar-refractivity contribution in [2.24, 2.45) is 20.0 Å². The van der Waals surface area contributed by atoms with Gasteiger partial charge in [0.2, 0.25) is 0 Å². The van der Waals surface area contributed by atoms with Crippen molar-refractivity contribution in [1.82, 2.24) is 19.4 Å². The van der Waals surface area contributed by atoms with E-state index in [1.54, 1.807) is 52.5 Å². The molecule has 3 fully saturated rings. The highest BCUT2D eigenvalue weighted by molar-refractivity contribution is 6.03. The summed E-state index contributed by atoms with van der Waals surface area (Å²) in [7, 11) is 3.23. The van der Waals surface area contributed by atoms with Crippen LogP contribution in [0.3, 0.4) is 0 Å². The van der Waals surface area contributed by atoms with Crippen molar-refractivity contribution in [3.05, 3.63) is 80.0 Å². The number of nitrogens with zero attached hydrogens (tertiary/aromatic N) is 2. The second-order valence-corrected chi connectivity index (χ2v) is 10.6. The molecule has 3 saturated carbocycles. The summed E-state index contributed by atoms with van der Waals surface area (Å²) in [5.74, 6) is 0.513. The number of amides is 1. The second-order valence-electron chi connectivity index (χ2n) is 10.6. The number of aromatic nitrogens is 3. The number of nitrogens with one attached hydrogen (secondary N) is 2. The van der Waals surface area contributed by atoms with E-state index in [9.17, 15) is 18.8 Å². The lowest BCUT2D eigenvalue weighted by atomic mass is 9.50. The van der Waals surface area contributed by atoms with Crippen LogP contribution in [0.5, 0.6) is 11.5 Å². The number of halogens is 1. The van der Waals surface area contributed by atoms with Gasteiger partial charge >= 0.3 is 0 Å². The van der Waals surface area contributed by atoms with Crippen LogP contribution in [-0.2, 0) is 14.1 Å². The molecule has 3 heterocycles. The van der Waals surface area contributed by atoms with E-state index in [0.717, 1.165) is 25.2 Å². The first-order valence-corrected chi connectivity index (χ1v) is 12.2. The van der Waals surface area contributed by atoms with E-state index < -0.39 is 0 Å². The summed E-state index contributed by atoms with van der Waals surface area (Å²) in [5.41, 5.74) is 1.89. The Kier molecular flexibility index (Phi) is 4.99. The average Bonchev–Trinajstić information content (AvgIpc) is 3.24. The Labute approximate surface area is 211 Å². The minimum Gasteiger partial charge on any atom is -0.450 e. The monoisotopic (exact) mass is 502 g/mol. The normalized spacial score (nSPS) is 19.9. The average molecular weight is 503 g/mol. The third-order valence-electron chi connectivity index (χ3n) is 7.77. The van der Waals surface area contributed by atoms with Gasteiger partial charge in [-0.1, -0.05) is 0 Å². The minimum atomic E-state index is -0.389. The number of ether oxygens (including phenoxy) is 1. The van der Waals surface area contributed by atoms with Crippen LogP contribution in [-0.4, -0.2) is 25.6 Å². The number of fused-ring (bicyclic) bond motifs is 1. The summed E-state index contributed by atoms with van der Waals surface area (Å²) in [6.45, 7) is 3.43. The number of hydrogen-bond acceptors (Lipinski definition) is 4. The topological polar surface area (TPSA) is 98.1 Å². The number of hydrogen-bond donors (Lipinski definition) is 2. The highest BCUT2D eigenvalue weighted by Crippen LogP contribution is 2.57. The predicted octanol–water partition coefficient (Wildman–Crippen LogP) is 4.06. The van der Waals surface area contributed by atoms with Crippen LogP contribution in [0.25, 0.3) is 22.0 Å². The third-order valence-corrected chi connectivity index (χ3v) is 7.77. The van der Waals surface area contributed by atoms with Crippen molar-refractivity contribution >= 4 is 16.8 Å². The van der Waals surface area contributed by atoms with Crippen LogP contribution in [0.2, 0.25) is 0 Å². The highest BCUT2D eigenvalue weighted by Gasteiger charge is 2.57. The zero-order valence-corrected chi connectivity index (χ0v) is 21.1. The van der Waals surface area contributed by atoms with Gasteiger partial charge in [0, 0.05) is 48.5 Å². The minimum absolute atomic E-state index is 0.0452. The number of aromatic amines is 1. The van der Waals surface area contributed by atoms with Crippen molar-refractivity contribution in [3.63, 3.8) is 0 Å². The Balaban J connectivity index is 1.50. The molecule has 0 aliphatic heterocycles. The van der Waals surface area contributed by atoms with Gasteiger partial charge in [0.25, 0.3) is 17.0 Å². The van der Waals surface area contributed by atoms with E-state index in [1.165, 1.54) is 21.3 Å². The summed E-state index contributed by atoms with van der Waals surface area (Å²) >= 11 is 0. The Morgan fingerprint density at radius 1 is 1.03 bits per heavy atom. The van der Waals surface area contributed by atoms with Crippen LogP contribution >= 0.6 is 0 Å². The van der Waals surface area contributed by atoms with Crippen molar-refractivity contribution < 1.29 is 13.9 Å². The van der Waals surface area contributed by atoms with Crippen LogP contribution in [0.4, 0.5) is 4.39 Å². The fraction of sp³-hybridized carbons (Fsp3) is 0.321. The standard InChI is InChI=1S/C28H27FN4O4/c1-14-7-17(29)8-15(2)23(14)37-24-18(5-6-32(3)27(24)36)20-13-33(4)26(35)22-19(20)9-21(30-22)25(34)31-28-10-16(11-28)12-28/h5-9,13,16,30H,10-12H2,1-4H3,(H,31,34). The van der Waals surface area contributed by atoms with Gasteiger partial charge < -0.3 is 24.2 Å². The number of aryl methyl sites for hydroxylation is 4. The van der Waals surface area contributed by atoms with Gasteiger partial charge in [0.15, 0.2) is 5.75 Å². The maximum absolute atomic E-state index is 13.9. The molecule has 1 aromatic carbocycles. The van der Waals surface area contributed by atoms with Gasteiger partial charge in [-0.3, -0.25) is 14.4 Å². The molecule has 2 N–H and O–H groups in total. The van der Waals surface area contributed by atoms with Gasteiger partial charge in [-0.2, -0.15) is 0 Å². The highest BCUT2D eigenvalue weighted by atomic mass is 19.1. The first-order chi connectivity index (χ1) is 17.5. The summed E-state index contributed by atoms with van der Waals surface area (Å²) in [6, 6.07) is 6.09. The zero-order chi connectivity index (χ0) is 26.2. The molecule has 4 aromatic rings. The molecule has 0 spiro atoms. The first-order valence-electron chi connectivity index (χ1n) is 12.2. The number of H-pyrrole nitrogens is 1. The zero-order valence-electron chi connectivity index (χ0n) is 21.1. The largest absolute Gasteiger partial charge is 0.450 e. The lowest BCUT2D eigenvalue weighted by Crippen LogP contribution is -2.68. The summed E-state index contributed by atoms with van der Waals surface area (Å²) in [4.78, 5) is 42.3. The molecule has 0 saturated heterocycles. The van der Waals surface area contributed by atoms with E-state index in [2.05, 4.69) is 10.3 Å². The van der Waals surface area contributed by atoms with Crippen LogP contribution < -0.4 is 21.2 Å². The van der Waals surface area contributed by atoms with Crippen LogP contribution in [0.1, 0.15) is 40.9 Å². The Bertz CT molecular complexity index is 1710. The summed E-state index contributed by atoms with van der Waals surface area (Å²) in [6.07, 6.45) is 6.26. The molecule has 3 aromatic heterocycles. The molecule has 9 heteroatoms. The molecular formula is C28H27FN4O4. The second kappa shape index (κ2) is 7.93. The molecule has 0 unspecified atom stereocenters. The molecule has 0 atom stereocenters. The smallest absolute Gasteiger partial charge is 0.293 e. The molecule has 1 amide bonds. The lowest BCUT2D eigenvalue weighted by Gasteiger charge is -2.61. The van der Waals surface area contributed by atoms with Crippen molar-refractivity contribution in [3.8, 4) is 22.6 Å². The van der Waals surface area contributed by atoms with Gasteiger partial charge in [0.05, 0.1) is 0 Å². The molecule has 3 aliphatic rings. The number of rotatable bonds is 5. The van der Waals surface area contributed by atoms with Gasteiger partial charge in [-0.25, -0.2) is 4.39 Å². The van der Waals surface area contributed by atoms with Gasteiger partial charge in [0.1, 0.15) is 22.8 Å². The predicted molar refractivity (Wildman–Crippen MR) is 138 cm³/mol. The molecule has 2 bridgehead atoms. The Hall–Kier alpha value is -4.14. The fourth-order valence-corrected chi connectivity index (χ4v) is 5.69. The quantitative estimate of drug-likeness (QED) is 0.430. The van der Waals surface area contributed by atoms with Gasteiger partial charge in [-0.05, 0) is 74.4 Å². The van der Waals surface area contributed by atoms with E-state index in [4.69, 9.17) is 4.74 Å². The number of pyridine rings is 2. The van der Waals surface area contributed by atoms with Crippen molar-refractivity contribution in [1.29, 1.82) is 0 Å². The molecule has 190 valence electrons. The maximum Gasteiger partial charge on any atom is 0.293 e. The van der Waals surface area contributed by atoms with E-state index >= 15 is 0 Å². The number of carbonyl (C=O) groups excluding carboxylic acids is 1. The Morgan fingerprint density at radius 3 is 2.32 bits per heavy atom. The van der Waals surface area contributed by atoms with E-state index in [-0.39, 0.29) is 39.6 Å². The fourth-order valence-electron chi connectivity index (χ4n) is 5.69. The third kappa shape index (κ3) is 3.60. The first kappa shape index (κ1) is 23.3. The molecule has 3 aliphatic carbocycles. The van der Waals surface area contributed by atoms with Gasteiger partial charge in [-0.15, -0.1) is 0 Å². The van der Waals surface area contributed by atoms with Crippen molar-refractivity contribution in [2.45, 2.75) is 38.6 Å². The molecule has 0 radical (unpaired) electrons. The molecule has 8 nitrogen and oxygen atoms in total. The summed E-state index contributed by atoms with van der Waals surface area (Å²) < 4.78 is 22.9. The van der Waals surface area contributed by atoms with Crippen LogP contribution in [0, 0.1) is 25.6 Å². The molecular weight excluding hydrogens is 475 g/mol. The Morgan fingerprint density at radius 2 is 1.70 bits per heavy atom. The lowest BCUT2D eigenvalue weighted by molar-refractivity contribution is -0.0439. The molecule has 37 heavy (non-hydrogen) atoms. The van der Waals surface area contributed by atoms with E-state index in [1.807, 2.05) is 0 Å². The van der Waals surface area contributed by atoms with Crippen LogP contribution in [0.15, 0.2) is 46.2 Å². The number of carbonyl (C=O) groups is 1. The van der Waals surface area contributed by atoms with E-state index in [0.29, 0.717) is 39.1 Å². The molecule has 7 rings (SSSR count). The maximum atomic E-state index is 13.9. The summed E-state index contributed by atoms with van der Waals surface area (Å²) in [5, 5.41) is 3.63. The SMILES string of the molecule is Cc1cc(F)cc(C)c1Oc1c(-c2cn(C)c(=O)c3[nH]c(C(=O)NC45CC(C4)C5)cc23)ccn(C)c1=O. The van der Waals surface area contributed by atoms with Crippen molar-refractivity contribution in [2.75, 3.05) is 0 Å². The number of benzene rings is 1.